The van der Waals surface area contributed by atoms with Crippen LogP contribution in [0.15, 0.2) is 60.8 Å². The van der Waals surface area contributed by atoms with Crippen molar-refractivity contribution in [1.82, 2.24) is 0 Å². The lowest BCUT2D eigenvalue weighted by Crippen LogP contribution is -2.30. The third-order valence-electron chi connectivity index (χ3n) is 10.0. The topological polar surface area (TPSA) is 78.9 Å². The van der Waals surface area contributed by atoms with Gasteiger partial charge in [-0.2, -0.15) is 0 Å². The number of unbranched alkanes of at least 4 members (excludes halogenated alkanes) is 21. The predicted molar refractivity (Wildman–Crippen MR) is 242 cm³/mol. The van der Waals surface area contributed by atoms with Crippen LogP contribution in [0.4, 0.5) is 0 Å². The Morgan fingerprint density at radius 3 is 1.07 bits per heavy atom. The molecule has 6 heteroatoms. The fraction of sp³-hybridized carbons (Fsp3) is 0.745. The van der Waals surface area contributed by atoms with Crippen LogP contribution in [0.3, 0.4) is 0 Å². The summed E-state index contributed by atoms with van der Waals surface area (Å²) in [5.41, 5.74) is 0. The summed E-state index contributed by atoms with van der Waals surface area (Å²) >= 11 is 0. The van der Waals surface area contributed by atoms with Crippen LogP contribution in [-0.4, -0.2) is 37.2 Å². The number of ether oxygens (including phenoxy) is 3. The molecule has 0 spiro atoms. The largest absolute Gasteiger partial charge is 0.462 e. The molecule has 0 heterocycles. The summed E-state index contributed by atoms with van der Waals surface area (Å²) < 4.78 is 16.7. The van der Waals surface area contributed by atoms with E-state index in [0.29, 0.717) is 19.3 Å². The number of allylic oxidation sites excluding steroid dienone is 10. The highest BCUT2D eigenvalue weighted by molar-refractivity contribution is 5.71. The predicted octanol–water partition coefficient (Wildman–Crippen LogP) is 15.3. The highest BCUT2D eigenvalue weighted by atomic mass is 16.6. The molecule has 0 saturated carbocycles. The number of carbonyl (C=O) groups is 3. The van der Waals surface area contributed by atoms with Crippen molar-refractivity contribution in [1.29, 1.82) is 0 Å². The van der Waals surface area contributed by atoms with Crippen LogP contribution < -0.4 is 0 Å². The smallest absolute Gasteiger partial charge is 0.306 e. The molecule has 1 atom stereocenters. The second-order valence-corrected chi connectivity index (χ2v) is 15.6. The Labute approximate surface area is 351 Å². The van der Waals surface area contributed by atoms with E-state index < -0.39 is 6.10 Å². The number of rotatable bonds is 42. The third kappa shape index (κ3) is 44.1. The van der Waals surface area contributed by atoms with Gasteiger partial charge in [-0.15, -0.1) is 0 Å². The van der Waals surface area contributed by atoms with Gasteiger partial charge < -0.3 is 14.2 Å². The molecule has 0 aliphatic heterocycles. The normalized spacial score (nSPS) is 12.5. The third-order valence-corrected chi connectivity index (χ3v) is 10.0. The van der Waals surface area contributed by atoms with Crippen molar-refractivity contribution >= 4 is 17.9 Å². The van der Waals surface area contributed by atoms with Crippen molar-refractivity contribution in [3.05, 3.63) is 60.8 Å². The van der Waals surface area contributed by atoms with E-state index in [0.717, 1.165) is 109 Å². The van der Waals surface area contributed by atoms with Crippen LogP contribution in [0.1, 0.15) is 226 Å². The molecule has 6 nitrogen and oxygen atoms in total. The maximum absolute atomic E-state index is 12.7. The van der Waals surface area contributed by atoms with E-state index in [1.165, 1.54) is 77.0 Å². The lowest BCUT2D eigenvalue weighted by molar-refractivity contribution is -0.167. The molecule has 0 saturated heterocycles. The Morgan fingerprint density at radius 1 is 0.368 bits per heavy atom. The molecule has 0 aromatic heterocycles. The second kappa shape index (κ2) is 45.8. The van der Waals surface area contributed by atoms with Crippen molar-refractivity contribution in [2.45, 2.75) is 232 Å². The second-order valence-electron chi connectivity index (χ2n) is 15.6. The van der Waals surface area contributed by atoms with Crippen LogP contribution in [0.25, 0.3) is 0 Å². The van der Waals surface area contributed by atoms with Crippen LogP contribution >= 0.6 is 0 Å². The van der Waals surface area contributed by atoms with Gasteiger partial charge in [0.05, 0.1) is 0 Å². The van der Waals surface area contributed by atoms with Crippen LogP contribution in [0, 0.1) is 0 Å². The van der Waals surface area contributed by atoms with Crippen molar-refractivity contribution in [2.24, 2.45) is 0 Å². The van der Waals surface area contributed by atoms with Gasteiger partial charge in [0, 0.05) is 19.3 Å². The van der Waals surface area contributed by atoms with E-state index in [4.69, 9.17) is 14.2 Å². The van der Waals surface area contributed by atoms with E-state index in [1.54, 1.807) is 0 Å². The van der Waals surface area contributed by atoms with Crippen LogP contribution in [0.5, 0.6) is 0 Å². The van der Waals surface area contributed by atoms with E-state index in [2.05, 4.69) is 81.5 Å². The van der Waals surface area contributed by atoms with Crippen molar-refractivity contribution < 1.29 is 28.6 Å². The van der Waals surface area contributed by atoms with Crippen molar-refractivity contribution in [3.8, 4) is 0 Å². The molecule has 0 radical (unpaired) electrons. The van der Waals surface area contributed by atoms with Gasteiger partial charge in [-0.1, -0.05) is 204 Å². The van der Waals surface area contributed by atoms with E-state index in [-0.39, 0.29) is 31.1 Å². The summed E-state index contributed by atoms with van der Waals surface area (Å²) in [7, 11) is 0. The van der Waals surface area contributed by atoms with E-state index in [1.807, 2.05) is 0 Å². The number of hydrogen-bond acceptors (Lipinski definition) is 6. The first-order valence-corrected chi connectivity index (χ1v) is 23.8. The Hall–Kier alpha value is -2.89. The number of hydrogen-bond donors (Lipinski definition) is 0. The van der Waals surface area contributed by atoms with Crippen molar-refractivity contribution in [2.75, 3.05) is 13.2 Å². The summed E-state index contributed by atoms with van der Waals surface area (Å²) in [4.78, 5) is 37.6. The molecular formula is C51H88O6. The SMILES string of the molecule is CC/C=C\C/C=C\C/C=C\C/C=C\C/C=C\CCCCCCCC(=O)OCC(COC(=O)CCCCCCCCC)OC(=O)CCCCCCCCCCCCC. The van der Waals surface area contributed by atoms with Gasteiger partial charge in [0.1, 0.15) is 13.2 Å². The highest BCUT2D eigenvalue weighted by Gasteiger charge is 2.19. The van der Waals surface area contributed by atoms with Crippen molar-refractivity contribution in [3.63, 3.8) is 0 Å². The molecule has 0 aliphatic rings. The minimum absolute atomic E-state index is 0.0789. The molecule has 0 fully saturated rings. The Bertz CT molecular complexity index is 1050. The molecule has 57 heavy (non-hydrogen) atoms. The zero-order valence-electron chi connectivity index (χ0n) is 37.3. The first kappa shape index (κ1) is 54.1. The summed E-state index contributed by atoms with van der Waals surface area (Å²) in [6.45, 7) is 6.45. The average molecular weight is 797 g/mol. The molecule has 0 aromatic rings. The molecule has 0 rings (SSSR count). The first-order valence-electron chi connectivity index (χ1n) is 23.8. The Morgan fingerprint density at radius 2 is 0.684 bits per heavy atom. The van der Waals surface area contributed by atoms with Crippen LogP contribution in [0.2, 0.25) is 0 Å². The summed E-state index contributed by atoms with van der Waals surface area (Å²) in [6.07, 6.45) is 55.0. The molecule has 0 aliphatic carbocycles. The van der Waals surface area contributed by atoms with E-state index >= 15 is 0 Å². The molecule has 328 valence electrons. The fourth-order valence-corrected chi connectivity index (χ4v) is 6.47. The zero-order valence-corrected chi connectivity index (χ0v) is 37.3. The summed E-state index contributed by atoms with van der Waals surface area (Å²) in [6, 6.07) is 0. The summed E-state index contributed by atoms with van der Waals surface area (Å²) in [5, 5.41) is 0. The quantitative estimate of drug-likeness (QED) is 0.0265. The number of carbonyl (C=O) groups excluding carboxylic acids is 3. The zero-order chi connectivity index (χ0) is 41.5. The van der Waals surface area contributed by atoms with Gasteiger partial charge in [-0.05, 0) is 64.2 Å². The fourth-order valence-electron chi connectivity index (χ4n) is 6.47. The van der Waals surface area contributed by atoms with Crippen LogP contribution in [-0.2, 0) is 28.6 Å². The minimum Gasteiger partial charge on any atom is -0.462 e. The molecule has 0 aromatic carbocycles. The Balaban J connectivity index is 4.27. The molecular weight excluding hydrogens is 709 g/mol. The van der Waals surface area contributed by atoms with Gasteiger partial charge in [0.15, 0.2) is 6.10 Å². The minimum atomic E-state index is -0.775. The van der Waals surface area contributed by atoms with Gasteiger partial charge in [-0.3, -0.25) is 14.4 Å². The molecule has 0 N–H and O–H groups in total. The molecule has 1 unspecified atom stereocenters. The first-order chi connectivity index (χ1) is 28.0. The number of esters is 3. The Kier molecular flexibility index (Phi) is 43.5. The van der Waals surface area contributed by atoms with Gasteiger partial charge in [-0.25, -0.2) is 0 Å². The summed E-state index contributed by atoms with van der Waals surface area (Å²) in [5.74, 6) is -0.906. The maximum atomic E-state index is 12.7. The van der Waals surface area contributed by atoms with Gasteiger partial charge >= 0.3 is 17.9 Å². The average Bonchev–Trinajstić information content (AvgIpc) is 3.21. The molecule has 0 bridgehead atoms. The van der Waals surface area contributed by atoms with Gasteiger partial charge in [0.25, 0.3) is 0 Å². The maximum Gasteiger partial charge on any atom is 0.306 e. The lowest BCUT2D eigenvalue weighted by Gasteiger charge is -2.18. The lowest BCUT2D eigenvalue weighted by atomic mass is 10.1. The van der Waals surface area contributed by atoms with E-state index in [9.17, 15) is 14.4 Å². The van der Waals surface area contributed by atoms with Gasteiger partial charge in [0.2, 0.25) is 0 Å². The monoisotopic (exact) mass is 797 g/mol. The standard InChI is InChI=1S/C51H88O6/c1-4-7-10-13-16-18-20-21-22-23-24-25-26-27-28-29-31-32-35-38-41-44-50(53)56-47-48(46-55-49(52)43-40-37-34-15-12-9-6-3)57-51(54)45-42-39-36-33-30-19-17-14-11-8-5-2/h7,10,16,18,21-22,24-25,27-28,48H,4-6,8-9,11-15,17,19-20,23,26,29-47H2,1-3H3/b10-7-,18-16-,22-21-,25-24-,28-27-. The highest BCUT2D eigenvalue weighted by Crippen LogP contribution is 2.14. The molecule has 0 amide bonds.